The van der Waals surface area contributed by atoms with Crippen LogP contribution in [0.15, 0.2) is 39.2 Å². The molecule has 1 aromatic carbocycles. The number of ether oxygens (including phenoxy) is 2. The first-order chi connectivity index (χ1) is 17.4. The molecule has 200 valence electrons. The number of nitrogens with one attached hydrogen (secondary N) is 3. The van der Waals surface area contributed by atoms with E-state index in [1.54, 1.807) is 19.9 Å². The molecule has 2 amide bonds. The van der Waals surface area contributed by atoms with E-state index < -0.39 is 39.0 Å². The smallest absolute Gasteiger partial charge is 0.276 e. The first kappa shape index (κ1) is 26.8. The summed E-state index contributed by atoms with van der Waals surface area (Å²) in [5, 5.41) is 20.4. The topological polar surface area (TPSA) is 146 Å². The molecule has 11 nitrogen and oxygen atoms in total. The second kappa shape index (κ2) is 9.88. The van der Waals surface area contributed by atoms with Gasteiger partial charge in [0.15, 0.2) is 21.5 Å². The number of hydrogen-bond donors (Lipinski definition) is 4. The summed E-state index contributed by atoms with van der Waals surface area (Å²) < 4.78 is 37.7. The fourth-order valence-electron chi connectivity index (χ4n) is 4.17. The zero-order chi connectivity index (χ0) is 27.1. The van der Waals surface area contributed by atoms with Gasteiger partial charge in [-0.05, 0) is 23.1 Å². The maximum atomic E-state index is 12.9. The van der Waals surface area contributed by atoms with Crippen LogP contribution >= 0.6 is 11.3 Å². The molecule has 2 aromatic rings. The van der Waals surface area contributed by atoms with E-state index in [0.717, 1.165) is 16.9 Å². The Morgan fingerprint density at radius 1 is 1.11 bits per heavy atom. The lowest BCUT2D eigenvalue weighted by Gasteiger charge is -2.33. The van der Waals surface area contributed by atoms with Gasteiger partial charge in [-0.2, -0.15) is 4.31 Å². The largest absolute Gasteiger partial charge is 0.504 e. The number of carbonyl (C=O) groups excluding carboxylic acids is 2. The summed E-state index contributed by atoms with van der Waals surface area (Å²) in [7, 11) is -3.92. The summed E-state index contributed by atoms with van der Waals surface area (Å²) in [5.74, 6) is -0.662. The molecule has 0 fully saturated rings. The van der Waals surface area contributed by atoms with E-state index in [4.69, 9.17) is 9.47 Å². The van der Waals surface area contributed by atoms with Crippen LogP contribution in [0.4, 0.5) is 5.69 Å². The standard InChI is InChI=1S/C24H30N4O7S2/c1-6-28(7-2)37(32,33)23-19(29)14(11-36-23)25-17-18(22(31)27-21(17)30)26-20(24(3,4)5)13-8-9-15-16(10-13)35-12-34-15/h8-11,20,29H,6-7,12H2,1-5H3,(H3,25,26,27,30,31)/t20-/m0/s1. The van der Waals surface area contributed by atoms with Crippen molar-refractivity contribution in [1.82, 2.24) is 14.9 Å². The number of rotatable bonds is 9. The van der Waals surface area contributed by atoms with Gasteiger partial charge in [0.2, 0.25) is 6.79 Å². The molecule has 2 aliphatic heterocycles. The Hall–Kier alpha value is -3.29. The van der Waals surface area contributed by atoms with Crippen molar-refractivity contribution in [3.8, 4) is 17.2 Å². The highest BCUT2D eigenvalue weighted by Gasteiger charge is 2.37. The first-order valence-electron chi connectivity index (χ1n) is 11.7. The number of hydrogen-bond acceptors (Lipinski definition) is 10. The van der Waals surface area contributed by atoms with Gasteiger partial charge in [-0.3, -0.25) is 14.9 Å². The minimum atomic E-state index is -3.92. The maximum absolute atomic E-state index is 12.9. The van der Waals surface area contributed by atoms with E-state index in [9.17, 15) is 23.1 Å². The van der Waals surface area contributed by atoms with Crippen LogP contribution in [0, 0.1) is 5.41 Å². The molecular weight excluding hydrogens is 520 g/mol. The predicted molar refractivity (Wildman–Crippen MR) is 138 cm³/mol. The molecule has 1 aromatic heterocycles. The van der Waals surface area contributed by atoms with Crippen molar-refractivity contribution >= 4 is 38.9 Å². The third kappa shape index (κ3) is 4.98. The van der Waals surface area contributed by atoms with Gasteiger partial charge in [-0.1, -0.05) is 40.7 Å². The average molecular weight is 551 g/mol. The molecule has 0 unspecified atom stereocenters. The summed E-state index contributed by atoms with van der Waals surface area (Å²) in [6.45, 7) is 9.94. The van der Waals surface area contributed by atoms with Crippen LogP contribution in [0.3, 0.4) is 0 Å². The van der Waals surface area contributed by atoms with Crippen molar-refractivity contribution in [2.45, 2.75) is 44.9 Å². The number of sulfonamides is 1. The summed E-state index contributed by atoms with van der Waals surface area (Å²) >= 11 is 0.828. The SMILES string of the molecule is CCN(CC)S(=O)(=O)c1scc(NC2=C(N[C@@H](c3ccc4c(c3)OCO4)C(C)(C)C)C(=O)NC2=O)c1O. The molecule has 4 N–H and O–H groups in total. The Balaban J connectivity index is 1.69. The van der Waals surface area contributed by atoms with Gasteiger partial charge in [0.25, 0.3) is 21.8 Å². The maximum Gasteiger partial charge on any atom is 0.276 e. The lowest BCUT2D eigenvalue weighted by atomic mass is 9.82. The van der Waals surface area contributed by atoms with Crippen LogP contribution in [0.1, 0.15) is 46.2 Å². The van der Waals surface area contributed by atoms with Crippen molar-refractivity contribution in [1.29, 1.82) is 0 Å². The lowest BCUT2D eigenvalue weighted by molar-refractivity contribution is -0.124. The number of fused-ring (bicyclic) bond motifs is 1. The van der Waals surface area contributed by atoms with Gasteiger partial charge in [0.1, 0.15) is 11.4 Å². The fourth-order valence-corrected chi connectivity index (χ4v) is 7.00. The Morgan fingerprint density at radius 2 is 1.76 bits per heavy atom. The van der Waals surface area contributed by atoms with Gasteiger partial charge in [0.05, 0.1) is 11.7 Å². The summed E-state index contributed by atoms with van der Waals surface area (Å²) in [4.78, 5) is 25.5. The molecule has 13 heteroatoms. The van der Waals surface area contributed by atoms with Crippen LogP contribution in [0.25, 0.3) is 0 Å². The van der Waals surface area contributed by atoms with E-state index in [0.29, 0.717) is 11.5 Å². The zero-order valence-corrected chi connectivity index (χ0v) is 22.8. The van der Waals surface area contributed by atoms with Crippen molar-refractivity contribution in [2.24, 2.45) is 5.41 Å². The Morgan fingerprint density at radius 3 is 2.41 bits per heavy atom. The van der Waals surface area contributed by atoms with Crippen molar-refractivity contribution in [2.75, 3.05) is 25.2 Å². The molecule has 0 saturated carbocycles. The number of carbonyl (C=O) groups is 2. The molecule has 2 aliphatic rings. The molecular formula is C24H30N4O7S2. The quantitative estimate of drug-likeness (QED) is 0.346. The predicted octanol–water partition coefficient (Wildman–Crippen LogP) is 2.87. The van der Waals surface area contributed by atoms with E-state index in [1.807, 2.05) is 32.9 Å². The Labute approximate surface area is 219 Å². The number of aromatic hydroxyl groups is 1. The van der Waals surface area contributed by atoms with Crippen LogP contribution in [-0.4, -0.2) is 49.5 Å². The van der Waals surface area contributed by atoms with Gasteiger partial charge >= 0.3 is 0 Å². The van der Waals surface area contributed by atoms with Crippen LogP contribution < -0.4 is 25.4 Å². The highest BCUT2D eigenvalue weighted by molar-refractivity contribution is 7.91. The molecule has 0 aliphatic carbocycles. The first-order valence-corrected chi connectivity index (χ1v) is 14.0. The van der Waals surface area contributed by atoms with Crippen LogP contribution in [0.5, 0.6) is 17.2 Å². The Bertz CT molecular complexity index is 1370. The third-order valence-electron chi connectivity index (χ3n) is 6.09. The zero-order valence-electron chi connectivity index (χ0n) is 21.2. The highest BCUT2D eigenvalue weighted by Crippen LogP contribution is 2.42. The monoisotopic (exact) mass is 550 g/mol. The van der Waals surface area contributed by atoms with Crippen molar-refractivity contribution in [3.63, 3.8) is 0 Å². The molecule has 1 atom stereocenters. The third-order valence-corrected chi connectivity index (χ3v) is 9.63. The molecule has 0 saturated heterocycles. The number of anilines is 1. The van der Waals surface area contributed by atoms with Crippen molar-refractivity contribution < 1.29 is 32.6 Å². The normalized spacial score (nSPS) is 16.4. The van der Waals surface area contributed by atoms with Crippen molar-refractivity contribution in [3.05, 3.63) is 40.5 Å². The average Bonchev–Trinajstić information content (AvgIpc) is 3.50. The number of benzene rings is 1. The lowest BCUT2D eigenvalue weighted by Crippen LogP contribution is -2.35. The number of thiophene rings is 1. The fraction of sp³-hybridized carbons (Fsp3) is 0.417. The number of nitrogens with zero attached hydrogens (tertiary/aromatic N) is 1. The van der Waals surface area contributed by atoms with E-state index in [2.05, 4.69) is 16.0 Å². The van der Waals surface area contributed by atoms with Gasteiger partial charge < -0.3 is 25.2 Å². The highest BCUT2D eigenvalue weighted by atomic mass is 32.2. The second-order valence-electron chi connectivity index (χ2n) is 9.59. The van der Waals surface area contributed by atoms with E-state index >= 15 is 0 Å². The second-order valence-corrected chi connectivity index (χ2v) is 12.6. The summed E-state index contributed by atoms with van der Waals surface area (Å²) in [5.41, 5.74) is 0.251. The molecule has 0 radical (unpaired) electrons. The van der Waals surface area contributed by atoms with Crippen LogP contribution in [-0.2, 0) is 19.6 Å². The van der Waals surface area contributed by atoms with Crippen LogP contribution in [0.2, 0.25) is 0 Å². The molecule has 0 spiro atoms. The summed E-state index contributed by atoms with van der Waals surface area (Å²) in [6, 6.07) is 5.03. The van der Waals surface area contributed by atoms with E-state index in [1.165, 1.54) is 9.69 Å². The van der Waals surface area contributed by atoms with Gasteiger partial charge in [-0.15, -0.1) is 11.3 Å². The minimum absolute atomic E-state index is 0.00488. The molecule has 0 bridgehead atoms. The Kier molecular flexibility index (Phi) is 7.14. The van der Waals surface area contributed by atoms with Gasteiger partial charge in [-0.25, -0.2) is 8.42 Å². The number of imide groups is 1. The van der Waals surface area contributed by atoms with E-state index in [-0.39, 0.29) is 41.2 Å². The molecule has 4 rings (SSSR count). The molecule has 3 heterocycles. The van der Waals surface area contributed by atoms with Gasteiger partial charge in [0, 0.05) is 18.5 Å². The summed E-state index contributed by atoms with van der Waals surface area (Å²) in [6.07, 6.45) is 0. The minimum Gasteiger partial charge on any atom is -0.504 e. The number of amides is 2. The molecule has 37 heavy (non-hydrogen) atoms.